The van der Waals surface area contributed by atoms with Crippen molar-refractivity contribution in [1.29, 1.82) is 0 Å². The van der Waals surface area contributed by atoms with Gasteiger partial charge in [-0.2, -0.15) is 0 Å². The highest BCUT2D eigenvalue weighted by molar-refractivity contribution is 7.20. The number of carbonyl (C=O) groups is 3. The van der Waals surface area contributed by atoms with Crippen molar-refractivity contribution in [3.63, 3.8) is 0 Å². The summed E-state index contributed by atoms with van der Waals surface area (Å²) in [4.78, 5) is 40.4. The van der Waals surface area contributed by atoms with Gasteiger partial charge in [0.2, 0.25) is 5.91 Å². The average Bonchev–Trinajstić information content (AvgIpc) is 3.04. The lowest BCUT2D eigenvalue weighted by atomic mass is 10.2. The van der Waals surface area contributed by atoms with Crippen LogP contribution in [0.3, 0.4) is 0 Å². The lowest BCUT2D eigenvalue weighted by Crippen LogP contribution is -2.38. The fourth-order valence-electron chi connectivity index (χ4n) is 3.39. The SMILES string of the molecule is CCCCOC(=O)N1CCCN(CC(=O)Nc2ccc3cc(C(=O)NO)sc3c2)CC1. The zero-order valence-corrected chi connectivity index (χ0v) is 18.4. The van der Waals surface area contributed by atoms with Crippen LogP contribution in [-0.4, -0.2) is 72.2 Å². The molecule has 9 nitrogen and oxygen atoms in total. The zero-order valence-electron chi connectivity index (χ0n) is 17.6. The summed E-state index contributed by atoms with van der Waals surface area (Å²) in [5, 5.41) is 12.5. The molecule has 1 aromatic carbocycles. The van der Waals surface area contributed by atoms with Gasteiger partial charge in [0, 0.05) is 36.6 Å². The molecule has 168 valence electrons. The van der Waals surface area contributed by atoms with Gasteiger partial charge in [-0.1, -0.05) is 19.4 Å². The molecule has 1 aromatic heterocycles. The van der Waals surface area contributed by atoms with Gasteiger partial charge in [0.25, 0.3) is 5.91 Å². The Morgan fingerprint density at radius 2 is 2.00 bits per heavy atom. The maximum Gasteiger partial charge on any atom is 0.409 e. The van der Waals surface area contributed by atoms with Crippen LogP contribution < -0.4 is 10.8 Å². The Hall–Kier alpha value is -2.69. The van der Waals surface area contributed by atoms with E-state index < -0.39 is 5.91 Å². The van der Waals surface area contributed by atoms with Gasteiger partial charge in [0.1, 0.15) is 0 Å². The van der Waals surface area contributed by atoms with E-state index in [2.05, 4.69) is 5.32 Å². The summed E-state index contributed by atoms with van der Waals surface area (Å²) in [6.45, 7) is 5.23. The Balaban J connectivity index is 1.51. The number of ether oxygens (including phenoxy) is 1. The minimum Gasteiger partial charge on any atom is -0.449 e. The molecule has 0 saturated carbocycles. The maximum absolute atomic E-state index is 12.5. The van der Waals surface area contributed by atoms with Crippen LogP contribution in [0, 0.1) is 0 Å². The Kier molecular flexibility index (Phi) is 8.21. The molecule has 2 heterocycles. The largest absolute Gasteiger partial charge is 0.449 e. The van der Waals surface area contributed by atoms with Gasteiger partial charge in [0.05, 0.1) is 18.0 Å². The van der Waals surface area contributed by atoms with Gasteiger partial charge < -0.3 is 15.0 Å². The van der Waals surface area contributed by atoms with Crippen LogP contribution >= 0.6 is 11.3 Å². The smallest absolute Gasteiger partial charge is 0.409 e. The predicted molar refractivity (Wildman–Crippen MR) is 119 cm³/mol. The number of hydrogen-bond donors (Lipinski definition) is 3. The molecule has 0 bridgehead atoms. The maximum atomic E-state index is 12.5. The van der Waals surface area contributed by atoms with Gasteiger partial charge in [-0.25, -0.2) is 10.3 Å². The summed E-state index contributed by atoms with van der Waals surface area (Å²) in [5.74, 6) is -0.695. The molecule has 10 heteroatoms. The topological polar surface area (TPSA) is 111 Å². The van der Waals surface area contributed by atoms with Crippen LogP contribution in [0.15, 0.2) is 24.3 Å². The zero-order chi connectivity index (χ0) is 22.2. The second kappa shape index (κ2) is 11.1. The van der Waals surface area contributed by atoms with Crippen molar-refractivity contribution in [3.8, 4) is 0 Å². The molecule has 1 saturated heterocycles. The number of carbonyl (C=O) groups excluding carboxylic acids is 3. The summed E-state index contributed by atoms with van der Waals surface area (Å²) in [5.41, 5.74) is 2.27. The quantitative estimate of drug-likeness (QED) is 0.341. The van der Waals surface area contributed by atoms with E-state index in [9.17, 15) is 14.4 Å². The summed E-state index contributed by atoms with van der Waals surface area (Å²) < 4.78 is 6.12. The van der Waals surface area contributed by atoms with Crippen molar-refractivity contribution >= 4 is 45.0 Å². The first-order valence-corrected chi connectivity index (χ1v) is 11.2. The molecular weight excluding hydrogens is 420 g/mol. The predicted octanol–water partition coefficient (Wildman–Crippen LogP) is 2.90. The lowest BCUT2D eigenvalue weighted by Gasteiger charge is -2.21. The second-order valence-corrected chi connectivity index (χ2v) is 8.52. The number of rotatable bonds is 7. The first kappa shape index (κ1) is 23.0. The van der Waals surface area contributed by atoms with Gasteiger partial charge >= 0.3 is 6.09 Å². The molecule has 2 aromatic rings. The van der Waals surface area contributed by atoms with Crippen LogP contribution in [0.1, 0.15) is 35.9 Å². The number of benzene rings is 1. The fourth-order valence-corrected chi connectivity index (χ4v) is 4.38. The number of fused-ring (bicyclic) bond motifs is 1. The molecule has 3 amide bonds. The molecule has 3 rings (SSSR count). The molecule has 0 atom stereocenters. The van der Waals surface area contributed by atoms with Gasteiger partial charge in [-0.3, -0.25) is 19.7 Å². The van der Waals surface area contributed by atoms with Crippen molar-refractivity contribution in [2.45, 2.75) is 26.2 Å². The van der Waals surface area contributed by atoms with E-state index in [0.717, 1.165) is 35.9 Å². The minimum absolute atomic E-state index is 0.136. The normalized spacial score (nSPS) is 14.8. The van der Waals surface area contributed by atoms with Crippen LogP contribution in [0.25, 0.3) is 10.1 Å². The summed E-state index contributed by atoms with van der Waals surface area (Å²) in [7, 11) is 0. The fraction of sp³-hybridized carbons (Fsp3) is 0.476. The number of nitrogens with zero attached hydrogens (tertiary/aromatic N) is 2. The van der Waals surface area contributed by atoms with Crippen LogP contribution in [0.4, 0.5) is 10.5 Å². The van der Waals surface area contributed by atoms with E-state index in [1.807, 2.05) is 24.0 Å². The van der Waals surface area contributed by atoms with Gasteiger partial charge in [0.15, 0.2) is 0 Å². The van der Waals surface area contributed by atoms with Crippen LogP contribution in [0.5, 0.6) is 0 Å². The molecule has 1 aliphatic rings. The first-order valence-electron chi connectivity index (χ1n) is 10.4. The van der Waals surface area contributed by atoms with E-state index in [0.29, 0.717) is 36.8 Å². The summed E-state index contributed by atoms with van der Waals surface area (Å²) in [6, 6.07) is 7.10. The summed E-state index contributed by atoms with van der Waals surface area (Å²) >= 11 is 1.24. The minimum atomic E-state index is -0.559. The van der Waals surface area contributed by atoms with Crippen molar-refractivity contribution < 1.29 is 24.3 Å². The van der Waals surface area contributed by atoms with Crippen molar-refractivity contribution in [3.05, 3.63) is 29.1 Å². The third-order valence-corrected chi connectivity index (χ3v) is 6.16. The van der Waals surface area contributed by atoms with E-state index in [1.54, 1.807) is 22.5 Å². The standard InChI is InChI=1S/C21H28N4O5S/c1-2-3-11-30-21(28)25-8-4-7-24(9-10-25)14-19(26)22-16-6-5-15-12-18(20(27)23-29)31-17(15)13-16/h5-6,12-13,29H,2-4,7-11,14H2,1H3,(H,22,26)(H,23,27). The number of anilines is 1. The van der Waals surface area contributed by atoms with Crippen LogP contribution in [0.2, 0.25) is 0 Å². The highest BCUT2D eigenvalue weighted by Crippen LogP contribution is 2.28. The molecule has 3 N–H and O–H groups in total. The van der Waals surface area contributed by atoms with E-state index in [4.69, 9.17) is 9.94 Å². The molecule has 0 aliphatic carbocycles. The van der Waals surface area contributed by atoms with Crippen molar-refractivity contribution in [2.75, 3.05) is 44.6 Å². The van der Waals surface area contributed by atoms with Crippen LogP contribution in [-0.2, 0) is 9.53 Å². The Morgan fingerprint density at radius 1 is 1.16 bits per heavy atom. The summed E-state index contributed by atoms with van der Waals surface area (Å²) in [6.07, 6.45) is 2.35. The Bertz CT molecular complexity index is 932. The first-order chi connectivity index (χ1) is 15.0. The van der Waals surface area contributed by atoms with Gasteiger partial charge in [-0.05, 0) is 36.4 Å². The third-order valence-electron chi connectivity index (χ3n) is 5.07. The van der Waals surface area contributed by atoms with Gasteiger partial charge in [-0.15, -0.1) is 11.3 Å². The third kappa shape index (κ3) is 6.39. The Labute approximate surface area is 184 Å². The molecule has 31 heavy (non-hydrogen) atoms. The average molecular weight is 449 g/mol. The second-order valence-electron chi connectivity index (χ2n) is 7.44. The molecule has 0 unspecified atom stereocenters. The Morgan fingerprint density at radius 3 is 2.77 bits per heavy atom. The van der Waals surface area contributed by atoms with E-state index in [1.165, 1.54) is 11.3 Å². The lowest BCUT2D eigenvalue weighted by molar-refractivity contribution is -0.117. The highest BCUT2D eigenvalue weighted by Gasteiger charge is 2.21. The highest BCUT2D eigenvalue weighted by atomic mass is 32.1. The molecule has 0 radical (unpaired) electrons. The molecule has 0 spiro atoms. The number of hydroxylamine groups is 1. The molecular formula is C21H28N4O5S. The number of thiophene rings is 1. The van der Waals surface area contributed by atoms with E-state index in [-0.39, 0.29) is 18.5 Å². The van der Waals surface area contributed by atoms with Crippen molar-refractivity contribution in [1.82, 2.24) is 15.3 Å². The number of nitrogens with one attached hydrogen (secondary N) is 2. The number of hydrogen-bond acceptors (Lipinski definition) is 7. The number of unbranched alkanes of at least 4 members (excludes halogenated alkanes) is 1. The molecule has 1 fully saturated rings. The van der Waals surface area contributed by atoms with E-state index >= 15 is 0 Å². The molecule has 1 aliphatic heterocycles. The monoisotopic (exact) mass is 448 g/mol. The van der Waals surface area contributed by atoms with Crippen molar-refractivity contribution in [2.24, 2.45) is 0 Å². The number of amides is 3.